The first-order valence-corrected chi connectivity index (χ1v) is 11.5. The molecule has 2 aromatic carbocycles. The summed E-state index contributed by atoms with van der Waals surface area (Å²) in [4.78, 5) is 25.3. The van der Waals surface area contributed by atoms with E-state index in [-0.39, 0.29) is 10.9 Å². The van der Waals surface area contributed by atoms with Gasteiger partial charge in [-0.2, -0.15) is 5.10 Å². The maximum atomic E-state index is 14.5. The van der Waals surface area contributed by atoms with Gasteiger partial charge in [0.1, 0.15) is 17.8 Å². The lowest BCUT2D eigenvalue weighted by Crippen LogP contribution is -2.26. The fraction of sp³-hybridized carbons (Fsp3) is 0.111. The Morgan fingerprint density at radius 2 is 1.89 bits per heavy atom. The lowest BCUT2D eigenvalue weighted by Gasteiger charge is -2.22. The number of para-hydroxylation sites is 1. The molecule has 0 bridgehead atoms. The quantitative estimate of drug-likeness (QED) is 0.364. The molecule has 0 aliphatic carbocycles. The summed E-state index contributed by atoms with van der Waals surface area (Å²) in [6.45, 7) is 1.92. The van der Waals surface area contributed by atoms with Gasteiger partial charge in [-0.25, -0.2) is 14.4 Å². The van der Waals surface area contributed by atoms with E-state index in [2.05, 4.69) is 25.4 Å². The van der Waals surface area contributed by atoms with E-state index in [1.54, 1.807) is 15.4 Å². The highest BCUT2D eigenvalue weighted by Crippen LogP contribution is 2.31. The van der Waals surface area contributed by atoms with Gasteiger partial charge in [0.05, 0.1) is 23.0 Å². The molecule has 0 saturated heterocycles. The highest BCUT2D eigenvalue weighted by molar-refractivity contribution is 5.96. The number of rotatable bonds is 5. The van der Waals surface area contributed by atoms with Gasteiger partial charge in [-0.05, 0) is 36.1 Å². The van der Waals surface area contributed by atoms with Gasteiger partial charge in [0.25, 0.3) is 5.56 Å². The summed E-state index contributed by atoms with van der Waals surface area (Å²) >= 11 is 0. The Morgan fingerprint density at radius 3 is 2.67 bits per heavy atom. The van der Waals surface area contributed by atoms with Crippen molar-refractivity contribution in [1.29, 1.82) is 0 Å². The molecule has 8 nitrogen and oxygen atoms in total. The van der Waals surface area contributed by atoms with Crippen LogP contribution in [0.5, 0.6) is 0 Å². The second-order valence-electron chi connectivity index (χ2n) is 8.67. The standard InChI is InChI=1S/C27H22FN7O/c1-16(33-26-24-21(28)13-29-25(24)30-15-31-26)22-11-17-7-6-10-20(18-12-32-34(2)14-18)23(17)27(36)35(22)19-8-4-3-5-9-19/h3-16H,1-2H3,(H2,29,30,31,33)/t16-/m0/s1. The average Bonchev–Trinajstić information content (AvgIpc) is 3.50. The Kier molecular flexibility index (Phi) is 5.10. The third-order valence-electron chi connectivity index (χ3n) is 6.32. The number of nitrogens with zero attached hydrogens (tertiary/aromatic N) is 5. The van der Waals surface area contributed by atoms with E-state index < -0.39 is 11.9 Å². The van der Waals surface area contributed by atoms with Crippen molar-refractivity contribution >= 4 is 27.6 Å². The molecule has 0 amide bonds. The van der Waals surface area contributed by atoms with Crippen LogP contribution >= 0.6 is 0 Å². The summed E-state index contributed by atoms with van der Waals surface area (Å²) in [6.07, 6.45) is 6.28. The number of H-pyrrole nitrogens is 1. The summed E-state index contributed by atoms with van der Waals surface area (Å²) in [5, 5.41) is 9.26. The first-order valence-electron chi connectivity index (χ1n) is 11.5. The number of aromatic nitrogens is 6. The molecule has 0 spiro atoms. The predicted octanol–water partition coefficient (Wildman–Crippen LogP) is 4.97. The number of halogens is 1. The first-order chi connectivity index (χ1) is 17.5. The molecule has 1 atom stereocenters. The molecule has 0 unspecified atom stereocenters. The van der Waals surface area contributed by atoms with Gasteiger partial charge in [0, 0.05) is 36.4 Å². The first kappa shape index (κ1) is 21.7. The highest BCUT2D eigenvalue weighted by Gasteiger charge is 2.21. The summed E-state index contributed by atoms with van der Waals surface area (Å²) in [5.74, 6) is -0.0945. The van der Waals surface area contributed by atoms with Crippen LogP contribution in [-0.2, 0) is 7.05 Å². The molecule has 178 valence electrons. The molecule has 9 heteroatoms. The predicted molar refractivity (Wildman–Crippen MR) is 138 cm³/mol. The molecule has 4 aromatic heterocycles. The maximum absolute atomic E-state index is 14.5. The molecule has 2 N–H and O–H groups in total. The van der Waals surface area contributed by atoms with Crippen LogP contribution in [0.15, 0.2) is 84.3 Å². The van der Waals surface area contributed by atoms with E-state index in [1.807, 2.05) is 74.8 Å². The largest absolute Gasteiger partial charge is 0.361 e. The van der Waals surface area contributed by atoms with E-state index in [9.17, 15) is 9.18 Å². The lowest BCUT2D eigenvalue weighted by molar-refractivity contribution is 0.639. The molecule has 0 fully saturated rings. The molecule has 4 heterocycles. The van der Waals surface area contributed by atoms with Gasteiger partial charge >= 0.3 is 0 Å². The number of pyridine rings is 1. The lowest BCUT2D eigenvalue weighted by atomic mass is 9.99. The molecule has 0 saturated carbocycles. The minimum atomic E-state index is -0.444. The normalized spacial score (nSPS) is 12.3. The van der Waals surface area contributed by atoms with Gasteiger partial charge < -0.3 is 10.3 Å². The summed E-state index contributed by atoms with van der Waals surface area (Å²) < 4.78 is 17.9. The van der Waals surface area contributed by atoms with Crippen molar-refractivity contribution in [2.45, 2.75) is 13.0 Å². The summed E-state index contributed by atoms with van der Waals surface area (Å²) in [7, 11) is 1.85. The van der Waals surface area contributed by atoms with Crippen molar-refractivity contribution in [3.8, 4) is 16.8 Å². The molecule has 0 aliphatic heterocycles. The van der Waals surface area contributed by atoms with Crippen LogP contribution in [0.2, 0.25) is 0 Å². The molecular weight excluding hydrogens is 457 g/mol. The Hall–Kier alpha value is -4.79. The van der Waals surface area contributed by atoms with Crippen LogP contribution in [0.25, 0.3) is 38.6 Å². The SMILES string of the molecule is C[C@H](Nc1ncnc2[nH]cc(F)c12)c1cc2cccc(-c3cnn(C)c3)c2c(=O)n1-c1ccccc1. The van der Waals surface area contributed by atoms with Crippen LogP contribution in [-0.4, -0.2) is 29.3 Å². The van der Waals surface area contributed by atoms with Crippen LogP contribution in [0.4, 0.5) is 10.2 Å². The van der Waals surface area contributed by atoms with E-state index in [0.29, 0.717) is 22.5 Å². The fourth-order valence-corrected chi connectivity index (χ4v) is 4.66. The second-order valence-corrected chi connectivity index (χ2v) is 8.67. The minimum absolute atomic E-state index is 0.150. The maximum Gasteiger partial charge on any atom is 0.263 e. The number of nitrogens with one attached hydrogen (secondary N) is 2. The second kappa shape index (κ2) is 8.46. The third-order valence-corrected chi connectivity index (χ3v) is 6.32. The molecular formula is C27H22FN7O. The number of fused-ring (bicyclic) bond motifs is 2. The topological polar surface area (TPSA) is 93.4 Å². The Labute approximate surface area is 205 Å². The van der Waals surface area contributed by atoms with Gasteiger partial charge in [0.2, 0.25) is 0 Å². The number of hydrogen-bond donors (Lipinski definition) is 2. The average molecular weight is 480 g/mol. The Balaban J connectivity index is 1.57. The van der Waals surface area contributed by atoms with Crippen molar-refractivity contribution in [3.63, 3.8) is 0 Å². The zero-order valence-electron chi connectivity index (χ0n) is 19.6. The number of aromatic amines is 1. The minimum Gasteiger partial charge on any atom is -0.361 e. The number of anilines is 1. The van der Waals surface area contributed by atoms with Gasteiger partial charge in [-0.3, -0.25) is 14.0 Å². The Morgan fingerprint density at radius 1 is 1.06 bits per heavy atom. The van der Waals surface area contributed by atoms with Crippen molar-refractivity contribution < 1.29 is 4.39 Å². The number of hydrogen-bond acceptors (Lipinski definition) is 5. The third kappa shape index (κ3) is 3.52. The monoisotopic (exact) mass is 479 g/mol. The molecule has 0 aliphatic rings. The van der Waals surface area contributed by atoms with E-state index in [0.717, 1.165) is 22.2 Å². The van der Waals surface area contributed by atoms with Gasteiger partial charge in [-0.1, -0.05) is 36.4 Å². The zero-order chi connectivity index (χ0) is 24.8. The van der Waals surface area contributed by atoms with E-state index >= 15 is 0 Å². The van der Waals surface area contributed by atoms with Crippen LogP contribution in [0.1, 0.15) is 18.7 Å². The fourth-order valence-electron chi connectivity index (χ4n) is 4.66. The number of benzene rings is 2. The van der Waals surface area contributed by atoms with Crippen molar-refractivity contribution in [2.75, 3.05) is 5.32 Å². The van der Waals surface area contributed by atoms with Crippen molar-refractivity contribution in [2.24, 2.45) is 7.05 Å². The van der Waals surface area contributed by atoms with Crippen molar-refractivity contribution in [1.82, 2.24) is 29.3 Å². The zero-order valence-corrected chi connectivity index (χ0v) is 19.6. The number of aryl methyl sites for hydroxylation is 1. The Bertz CT molecular complexity index is 1790. The molecule has 6 rings (SSSR count). The molecule has 6 aromatic rings. The highest BCUT2D eigenvalue weighted by atomic mass is 19.1. The van der Waals surface area contributed by atoms with E-state index in [4.69, 9.17) is 0 Å². The van der Waals surface area contributed by atoms with Crippen LogP contribution in [0, 0.1) is 5.82 Å². The summed E-state index contributed by atoms with van der Waals surface area (Å²) in [5.41, 5.74) is 3.37. The molecule has 0 radical (unpaired) electrons. The van der Waals surface area contributed by atoms with E-state index in [1.165, 1.54) is 12.5 Å². The van der Waals surface area contributed by atoms with Crippen LogP contribution < -0.4 is 10.9 Å². The van der Waals surface area contributed by atoms with Gasteiger partial charge in [-0.15, -0.1) is 0 Å². The summed E-state index contributed by atoms with van der Waals surface area (Å²) in [6, 6.07) is 16.9. The molecule has 36 heavy (non-hydrogen) atoms. The van der Waals surface area contributed by atoms with Crippen LogP contribution in [0.3, 0.4) is 0 Å². The van der Waals surface area contributed by atoms with Gasteiger partial charge in [0.15, 0.2) is 5.82 Å². The smallest absolute Gasteiger partial charge is 0.263 e. The van der Waals surface area contributed by atoms with Crippen molar-refractivity contribution in [3.05, 3.63) is 101 Å².